The first-order valence-corrected chi connectivity index (χ1v) is 7.89. The standard InChI is InChI=1S/C11H24N2O2S.ClH/c1-3-11(4-2)10-16(14,15)13-8-5-6-12-7-9-13;/h11-12H,3-10H2,1-2H3;1H. The van der Waals surface area contributed by atoms with E-state index in [9.17, 15) is 8.42 Å². The number of hydrogen-bond acceptors (Lipinski definition) is 3. The maximum atomic E-state index is 12.2. The molecular formula is C11H25ClN2O2S. The largest absolute Gasteiger partial charge is 0.315 e. The minimum atomic E-state index is -3.04. The van der Waals surface area contributed by atoms with Gasteiger partial charge in [-0.3, -0.25) is 0 Å². The van der Waals surface area contributed by atoms with Crippen LogP contribution in [0.3, 0.4) is 0 Å². The van der Waals surface area contributed by atoms with Crippen LogP contribution < -0.4 is 5.32 Å². The van der Waals surface area contributed by atoms with Crippen LogP contribution in [0.5, 0.6) is 0 Å². The van der Waals surface area contributed by atoms with Crippen LogP contribution >= 0.6 is 12.4 Å². The van der Waals surface area contributed by atoms with Crippen molar-refractivity contribution in [2.75, 3.05) is 31.9 Å². The molecule has 0 aliphatic carbocycles. The fraction of sp³-hybridized carbons (Fsp3) is 1.00. The second-order valence-electron chi connectivity index (χ2n) is 4.46. The van der Waals surface area contributed by atoms with Crippen molar-refractivity contribution in [3.8, 4) is 0 Å². The Hall–Kier alpha value is 0.160. The third-order valence-corrected chi connectivity index (χ3v) is 5.34. The number of halogens is 1. The number of hydrogen-bond donors (Lipinski definition) is 1. The lowest BCUT2D eigenvalue weighted by molar-refractivity contribution is 0.419. The highest BCUT2D eigenvalue weighted by Crippen LogP contribution is 2.14. The molecule has 6 heteroatoms. The van der Waals surface area contributed by atoms with Gasteiger partial charge in [-0.25, -0.2) is 12.7 Å². The quantitative estimate of drug-likeness (QED) is 0.832. The topological polar surface area (TPSA) is 49.4 Å². The Labute approximate surface area is 112 Å². The molecule has 17 heavy (non-hydrogen) atoms. The van der Waals surface area contributed by atoms with Crippen LogP contribution in [0.4, 0.5) is 0 Å². The van der Waals surface area contributed by atoms with Crippen molar-refractivity contribution < 1.29 is 8.42 Å². The predicted octanol–water partition coefficient (Wildman–Crippen LogP) is 1.47. The molecule has 0 aromatic carbocycles. The molecule has 1 aliphatic rings. The second kappa shape index (κ2) is 8.29. The van der Waals surface area contributed by atoms with Gasteiger partial charge in [0, 0.05) is 19.6 Å². The SMILES string of the molecule is CCC(CC)CS(=O)(=O)N1CCCNCC1.Cl. The molecule has 1 saturated heterocycles. The monoisotopic (exact) mass is 284 g/mol. The van der Waals surface area contributed by atoms with Crippen molar-refractivity contribution in [1.82, 2.24) is 9.62 Å². The summed E-state index contributed by atoms with van der Waals surface area (Å²) in [5.74, 6) is 0.626. The molecule has 0 bridgehead atoms. The van der Waals surface area contributed by atoms with E-state index in [4.69, 9.17) is 0 Å². The molecule has 1 aliphatic heterocycles. The van der Waals surface area contributed by atoms with Gasteiger partial charge in [-0.1, -0.05) is 26.7 Å². The highest BCUT2D eigenvalue weighted by atomic mass is 35.5. The minimum Gasteiger partial charge on any atom is -0.315 e. The van der Waals surface area contributed by atoms with E-state index in [1.165, 1.54) is 0 Å². The van der Waals surface area contributed by atoms with Crippen molar-refractivity contribution >= 4 is 22.4 Å². The summed E-state index contributed by atoms with van der Waals surface area (Å²) in [6, 6.07) is 0. The average molecular weight is 285 g/mol. The third kappa shape index (κ3) is 5.55. The van der Waals surface area contributed by atoms with Crippen LogP contribution in [0.15, 0.2) is 0 Å². The molecule has 0 spiro atoms. The van der Waals surface area contributed by atoms with E-state index >= 15 is 0 Å². The minimum absolute atomic E-state index is 0. The van der Waals surface area contributed by atoms with Gasteiger partial charge in [0.25, 0.3) is 0 Å². The van der Waals surface area contributed by atoms with E-state index < -0.39 is 10.0 Å². The average Bonchev–Trinajstić information content (AvgIpc) is 2.54. The fourth-order valence-corrected chi connectivity index (χ4v) is 4.08. The highest BCUT2D eigenvalue weighted by molar-refractivity contribution is 7.89. The van der Waals surface area contributed by atoms with Gasteiger partial charge in [0.1, 0.15) is 0 Å². The first-order chi connectivity index (χ1) is 7.60. The molecule has 0 radical (unpaired) electrons. The van der Waals surface area contributed by atoms with Gasteiger partial charge in [0.2, 0.25) is 10.0 Å². The first kappa shape index (κ1) is 17.2. The molecule has 0 amide bonds. The maximum absolute atomic E-state index is 12.2. The van der Waals surface area contributed by atoms with Crippen molar-refractivity contribution in [1.29, 1.82) is 0 Å². The van der Waals surface area contributed by atoms with Gasteiger partial charge >= 0.3 is 0 Å². The van der Waals surface area contributed by atoms with Gasteiger partial charge in [0.15, 0.2) is 0 Å². The Morgan fingerprint density at radius 3 is 2.41 bits per heavy atom. The Morgan fingerprint density at radius 1 is 1.18 bits per heavy atom. The van der Waals surface area contributed by atoms with Crippen LogP contribution in [-0.2, 0) is 10.0 Å². The molecule has 0 aromatic rings. The van der Waals surface area contributed by atoms with Gasteiger partial charge < -0.3 is 5.32 Å². The molecule has 0 saturated carbocycles. The van der Waals surface area contributed by atoms with Crippen molar-refractivity contribution in [2.24, 2.45) is 5.92 Å². The maximum Gasteiger partial charge on any atom is 0.214 e. The van der Waals surface area contributed by atoms with E-state index in [0.717, 1.165) is 32.4 Å². The van der Waals surface area contributed by atoms with Crippen molar-refractivity contribution in [3.05, 3.63) is 0 Å². The van der Waals surface area contributed by atoms with Crippen LogP contribution in [-0.4, -0.2) is 44.7 Å². The summed E-state index contributed by atoms with van der Waals surface area (Å²) in [6.07, 6.45) is 2.81. The molecular weight excluding hydrogens is 260 g/mol. The number of sulfonamides is 1. The summed E-state index contributed by atoms with van der Waals surface area (Å²) in [7, 11) is -3.04. The molecule has 0 unspecified atom stereocenters. The van der Waals surface area contributed by atoms with E-state index in [-0.39, 0.29) is 12.4 Å². The summed E-state index contributed by atoms with van der Waals surface area (Å²) in [5, 5.41) is 3.22. The van der Waals surface area contributed by atoms with Crippen molar-refractivity contribution in [3.63, 3.8) is 0 Å². The molecule has 1 heterocycles. The Kier molecular flexibility index (Phi) is 8.37. The normalized spacial score (nSPS) is 18.8. The Bertz CT molecular complexity index is 284. The smallest absolute Gasteiger partial charge is 0.214 e. The van der Waals surface area contributed by atoms with E-state index in [1.807, 2.05) is 0 Å². The summed E-state index contributed by atoms with van der Waals surface area (Å²) in [4.78, 5) is 0. The molecule has 1 fully saturated rings. The third-order valence-electron chi connectivity index (χ3n) is 3.29. The van der Waals surface area contributed by atoms with Gasteiger partial charge in [-0.2, -0.15) is 0 Å². The van der Waals surface area contributed by atoms with Crippen LogP contribution in [0.1, 0.15) is 33.1 Å². The number of nitrogens with one attached hydrogen (secondary N) is 1. The lowest BCUT2D eigenvalue weighted by atomic mass is 10.1. The lowest BCUT2D eigenvalue weighted by Gasteiger charge is -2.22. The van der Waals surface area contributed by atoms with Crippen LogP contribution in [0, 0.1) is 5.92 Å². The van der Waals surface area contributed by atoms with Gasteiger partial charge in [-0.05, 0) is 18.9 Å². The number of rotatable bonds is 5. The summed E-state index contributed by atoms with van der Waals surface area (Å²) >= 11 is 0. The Balaban J connectivity index is 0.00000256. The second-order valence-corrected chi connectivity index (χ2v) is 6.48. The molecule has 4 nitrogen and oxygen atoms in total. The lowest BCUT2D eigenvalue weighted by Crippen LogP contribution is -2.37. The molecule has 0 atom stereocenters. The summed E-state index contributed by atoms with van der Waals surface area (Å²) < 4.78 is 26.0. The first-order valence-electron chi connectivity index (χ1n) is 6.28. The zero-order valence-corrected chi connectivity index (χ0v) is 12.4. The van der Waals surface area contributed by atoms with Gasteiger partial charge in [-0.15, -0.1) is 12.4 Å². The van der Waals surface area contributed by atoms with E-state index in [2.05, 4.69) is 19.2 Å². The molecule has 0 aromatic heterocycles. The van der Waals surface area contributed by atoms with Gasteiger partial charge in [0.05, 0.1) is 5.75 Å². The fourth-order valence-electron chi connectivity index (χ4n) is 2.03. The van der Waals surface area contributed by atoms with Crippen LogP contribution in [0.25, 0.3) is 0 Å². The molecule has 1 rings (SSSR count). The zero-order chi connectivity index (χ0) is 12.0. The highest BCUT2D eigenvalue weighted by Gasteiger charge is 2.25. The summed E-state index contributed by atoms with van der Waals surface area (Å²) in [5.41, 5.74) is 0. The van der Waals surface area contributed by atoms with Crippen LogP contribution in [0.2, 0.25) is 0 Å². The molecule has 1 N–H and O–H groups in total. The zero-order valence-electron chi connectivity index (χ0n) is 10.8. The predicted molar refractivity (Wildman–Crippen MR) is 74.2 cm³/mol. The summed E-state index contributed by atoms with van der Waals surface area (Å²) in [6.45, 7) is 7.14. The van der Waals surface area contributed by atoms with E-state index in [0.29, 0.717) is 24.8 Å². The Morgan fingerprint density at radius 2 is 1.82 bits per heavy atom. The van der Waals surface area contributed by atoms with E-state index in [1.54, 1.807) is 4.31 Å². The number of nitrogens with zero attached hydrogens (tertiary/aromatic N) is 1. The molecule has 104 valence electrons. The van der Waals surface area contributed by atoms with Crippen molar-refractivity contribution in [2.45, 2.75) is 33.1 Å².